The summed E-state index contributed by atoms with van der Waals surface area (Å²) in [6.45, 7) is 5.79. The Morgan fingerprint density at radius 2 is 1.72 bits per heavy atom. The van der Waals surface area contributed by atoms with Crippen molar-refractivity contribution in [2.24, 2.45) is 0 Å². The normalized spacial score (nSPS) is 12.2. The summed E-state index contributed by atoms with van der Waals surface area (Å²) in [7, 11) is 0. The van der Waals surface area contributed by atoms with Gasteiger partial charge in [-0.15, -0.1) is 0 Å². The number of nitrogens with one attached hydrogen (secondary N) is 1. The molecule has 0 aromatic heterocycles. The number of anilines is 1. The number of nitrogens with zero attached hydrogens (tertiary/aromatic N) is 1. The zero-order valence-corrected chi connectivity index (χ0v) is 18.3. The van der Waals surface area contributed by atoms with Crippen LogP contribution in [0.5, 0.6) is 11.5 Å². The predicted molar refractivity (Wildman–Crippen MR) is 123 cm³/mol. The molecule has 0 bridgehead atoms. The maximum absolute atomic E-state index is 13.3. The molecule has 3 aromatic rings. The number of carbonyl (C=O) groups is 2. The summed E-state index contributed by atoms with van der Waals surface area (Å²) in [6.07, 6.45) is 0. The van der Waals surface area contributed by atoms with Crippen molar-refractivity contribution in [3.8, 4) is 11.5 Å². The first kappa shape index (κ1) is 21.4. The van der Waals surface area contributed by atoms with E-state index in [0.717, 1.165) is 11.1 Å². The second-order valence-electron chi connectivity index (χ2n) is 7.61. The van der Waals surface area contributed by atoms with Crippen LogP contribution < -0.4 is 14.8 Å². The van der Waals surface area contributed by atoms with Crippen molar-refractivity contribution in [3.63, 3.8) is 0 Å². The monoisotopic (exact) mass is 430 g/mol. The molecular weight excluding hydrogens is 404 g/mol. The molecule has 1 aliphatic heterocycles. The van der Waals surface area contributed by atoms with Crippen LogP contribution >= 0.6 is 0 Å². The van der Waals surface area contributed by atoms with Gasteiger partial charge in [0.25, 0.3) is 11.8 Å². The molecule has 164 valence electrons. The van der Waals surface area contributed by atoms with Crippen LogP contribution in [0.2, 0.25) is 0 Å². The summed E-state index contributed by atoms with van der Waals surface area (Å²) in [5.74, 6) is 1.08. The smallest absolute Gasteiger partial charge is 0.255 e. The Hall–Kier alpha value is -3.80. The minimum atomic E-state index is -0.210. The van der Waals surface area contributed by atoms with Gasteiger partial charge in [-0.1, -0.05) is 36.4 Å². The second kappa shape index (κ2) is 9.56. The largest absolute Gasteiger partial charge is 0.486 e. The molecular formula is C26H26N2O4. The average Bonchev–Trinajstić information content (AvgIpc) is 2.84. The van der Waals surface area contributed by atoms with Gasteiger partial charge in [0, 0.05) is 35.5 Å². The van der Waals surface area contributed by atoms with Gasteiger partial charge in [-0.05, 0) is 49.7 Å². The first-order valence-corrected chi connectivity index (χ1v) is 10.7. The molecule has 32 heavy (non-hydrogen) atoms. The topological polar surface area (TPSA) is 67.9 Å². The molecule has 0 aliphatic carbocycles. The van der Waals surface area contributed by atoms with Crippen molar-refractivity contribution in [1.29, 1.82) is 0 Å². The van der Waals surface area contributed by atoms with E-state index in [1.165, 1.54) is 0 Å². The van der Waals surface area contributed by atoms with E-state index in [9.17, 15) is 9.59 Å². The summed E-state index contributed by atoms with van der Waals surface area (Å²) in [5.41, 5.74) is 3.49. The Labute approximate surface area is 187 Å². The predicted octanol–water partition coefficient (Wildman–Crippen LogP) is 4.68. The van der Waals surface area contributed by atoms with Crippen LogP contribution in [0.4, 0.5) is 5.69 Å². The summed E-state index contributed by atoms with van der Waals surface area (Å²) >= 11 is 0. The van der Waals surface area contributed by atoms with Gasteiger partial charge < -0.3 is 19.7 Å². The highest BCUT2D eigenvalue weighted by Gasteiger charge is 2.21. The Bertz CT molecular complexity index is 1130. The lowest BCUT2D eigenvalue weighted by atomic mass is 10.1. The first-order chi connectivity index (χ1) is 15.6. The number of benzene rings is 3. The molecule has 4 rings (SSSR count). The van der Waals surface area contributed by atoms with Crippen LogP contribution in [0, 0.1) is 6.92 Å². The van der Waals surface area contributed by atoms with Gasteiger partial charge >= 0.3 is 0 Å². The molecule has 0 saturated heterocycles. The van der Waals surface area contributed by atoms with Crippen LogP contribution in [0.15, 0.2) is 66.7 Å². The maximum Gasteiger partial charge on any atom is 0.255 e. The molecule has 0 unspecified atom stereocenters. The zero-order valence-electron chi connectivity index (χ0n) is 18.3. The maximum atomic E-state index is 13.3. The highest BCUT2D eigenvalue weighted by atomic mass is 16.6. The molecule has 3 aromatic carbocycles. The second-order valence-corrected chi connectivity index (χ2v) is 7.61. The Kier molecular flexibility index (Phi) is 6.40. The first-order valence-electron chi connectivity index (χ1n) is 10.7. The molecule has 2 amide bonds. The lowest BCUT2D eigenvalue weighted by Crippen LogP contribution is -2.31. The number of amides is 2. The molecule has 6 heteroatoms. The summed E-state index contributed by atoms with van der Waals surface area (Å²) < 4.78 is 11.5. The average molecular weight is 431 g/mol. The van der Waals surface area contributed by atoms with Gasteiger partial charge in [0.05, 0.1) is 0 Å². The van der Waals surface area contributed by atoms with Crippen LogP contribution in [0.3, 0.4) is 0 Å². The minimum Gasteiger partial charge on any atom is -0.486 e. The van der Waals surface area contributed by atoms with E-state index in [1.807, 2.05) is 56.3 Å². The number of hydrogen-bond donors (Lipinski definition) is 1. The highest BCUT2D eigenvalue weighted by Crippen LogP contribution is 2.34. The van der Waals surface area contributed by atoms with E-state index >= 15 is 0 Å². The fraction of sp³-hybridized carbons (Fsp3) is 0.231. The van der Waals surface area contributed by atoms with Crippen molar-refractivity contribution in [1.82, 2.24) is 4.90 Å². The number of aryl methyl sites for hydroxylation is 1. The van der Waals surface area contributed by atoms with Crippen molar-refractivity contribution >= 4 is 17.5 Å². The fourth-order valence-corrected chi connectivity index (χ4v) is 3.65. The Balaban J connectivity index is 1.54. The van der Waals surface area contributed by atoms with Crippen LogP contribution in [0.25, 0.3) is 0 Å². The van der Waals surface area contributed by atoms with Crippen molar-refractivity contribution in [2.75, 3.05) is 25.1 Å². The third-order valence-electron chi connectivity index (χ3n) is 5.45. The van der Waals surface area contributed by atoms with Gasteiger partial charge in [-0.3, -0.25) is 9.59 Å². The van der Waals surface area contributed by atoms with E-state index in [2.05, 4.69) is 5.32 Å². The third kappa shape index (κ3) is 4.59. The quantitative estimate of drug-likeness (QED) is 0.617. The Morgan fingerprint density at radius 3 is 2.50 bits per heavy atom. The molecule has 0 saturated carbocycles. The lowest BCUT2D eigenvalue weighted by molar-refractivity contribution is 0.0749. The van der Waals surface area contributed by atoms with Gasteiger partial charge in [0.1, 0.15) is 13.2 Å². The number of hydrogen-bond acceptors (Lipinski definition) is 4. The zero-order chi connectivity index (χ0) is 22.5. The van der Waals surface area contributed by atoms with E-state index in [4.69, 9.17) is 9.47 Å². The number of carbonyl (C=O) groups excluding carboxylic acids is 2. The van der Waals surface area contributed by atoms with Crippen molar-refractivity contribution < 1.29 is 19.1 Å². The molecule has 0 radical (unpaired) electrons. The van der Waals surface area contributed by atoms with E-state index in [-0.39, 0.29) is 11.8 Å². The molecule has 0 spiro atoms. The van der Waals surface area contributed by atoms with E-state index < -0.39 is 0 Å². The number of fused-ring (bicyclic) bond motifs is 1. The van der Waals surface area contributed by atoms with Crippen LogP contribution in [0.1, 0.15) is 38.8 Å². The number of ether oxygens (including phenoxy) is 2. The third-order valence-corrected chi connectivity index (χ3v) is 5.45. The van der Waals surface area contributed by atoms with Crippen LogP contribution in [-0.2, 0) is 6.54 Å². The molecule has 6 nitrogen and oxygen atoms in total. The molecule has 1 aliphatic rings. The van der Waals surface area contributed by atoms with E-state index in [1.54, 1.807) is 29.2 Å². The van der Waals surface area contributed by atoms with Crippen molar-refractivity contribution in [2.45, 2.75) is 20.4 Å². The van der Waals surface area contributed by atoms with Gasteiger partial charge in [-0.2, -0.15) is 0 Å². The fourth-order valence-electron chi connectivity index (χ4n) is 3.65. The highest BCUT2D eigenvalue weighted by molar-refractivity contribution is 6.05. The number of rotatable bonds is 6. The Morgan fingerprint density at radius 1 is 0.938 bits per heavy atom. The lowest BCUT2D eigenvalue weighted by Gasteiger charge is -2.25. The molecule has 0 atom stereocenters. The molecule has 1 heterocycles. The number of para-hydroxylation sites is 1. The van der Waals surface area contributed by atoms with E-state index in [0.29, 0.717) is 54.6 Å². The SMILES string of the molecule is CCN(Cc1cccc2c1OCCO2)C(=O)c1ccc(C)c(NC(=O)c2ccccc2)c1. The summed E-state index contributed by atoms with van der Waals surface area (Å²) in [5, 5.41) is 2.92. The molecule has 0 fully saturated rings. The molecule has 1 N–H and O–H groups in total. The van der Waals surface area contributed by atoms with Gasteiger partial charge in [0.2, 0.25) is 0 Å². The van der Waals surface area contributed by atoms with Gasteiger partial charge in [-0.25, -0.2) is 0 Å². The summed E-state index contributed by atoms with van der Waals surface area (Å²) in [4.78, 5) is 27.6. The van der Waals surface area contributed by atoms with Crippen molar-refractivity contribution in [3.05, 3.63) is 89.0 Å². The van der Waals surface area contributed by atoms with Gasteiger partial charge in [0.15, 0.2) is 11.5 Å². The minimum absolute atomic E-state index is 0.114. The standard InChI is InChI=1S/C26H26N2O4/c1-3-28(17-21-10-7-11-23-24(21)32-15-14-31-23)26(30)20-13-12-18(2)22(16-20)27-25(29)19-8-5-4-6-9-19/h4-13,16H,3,14-15,17H2,1-2H3,(H,27,29). The van der Waals surface area contributed by atoms with Crippen LogP contribution in [-0.4, -0.2) is 36.5 Å². The summed E-state index contributed by atoms with van der Waals surface area (Å²) in [6, 6.07) is 20.1.